The highest BCUT2D eigenvalue weighted by atomic mass is 16.5. The van der Waals surface area contributed by atoms with Crippen LogP contribution in [0.1, 0.15) is 30.3 Å². The Morgan fingerprint density at radius 3 is 2.83 bits per heavy atom. The molecule has 0 saturated carbocycles. The lowest BCUT2D eigenvalue weighted by atomic mass is 10.1. The Kier molecular flexibility index (Phi) is 6.07. The smallest absolute Gasteiger partial charge is 0.358 e. The van der Waals surface area contributed by atoms with Crippen molar-refractivity contribution in [3.63, 3.8) is 0 Å². The molecule has 6 nitrogen and oxygen atoms in total. The number of carbonyl (C=O) groups excluding carboxylic acids is 1. The zero-order valence-corrected chi connectivity index (χ0v) is 10.7. The van der Waals surface area contributed by atoms with Gasteiger partial charge in [0.1, 0.15) is 5.82 Å². The van der Waals surface area contributed by atoms with Gasteiger partial charge in [-0.15, -0.1) is 0 Å². The van der Waals surface area contributed by atoms with Gasteiger partial charge in [-0.1, -0.05) is 6.92 Å². The molecular weight excluding hydrogens is 234 g/mol. The van der Waals surface area contributed by atoms with Crippen LogP contribution in [-0.4, -0.2) is 41.3 Å². The molecule has 18 heavy (non-hydrogen) atoms. The maximum absolute atomic E-state index is 11.1. The highest BCUT2D eigenvalue weighted by Gasteiger charge is 2.07. The summed E-state index contributed by atoms with van der Waals surface area (Å²) in [6.45, 7) is 2.98. The van der Waals surface area contributed by atoms with E-state index in [-0.39, 0.29) is 12.3 Å². The molecule has 0 bridgehead atoms. The number of methoxy groups -OCH3 is 1. The van der Waals surface area contributed by atoms with Crippen LogP contribution in [0.3, 0.4) is 0 Å². The fourth-order valence-corrected chi connectivity index (χ4v) is 1.39. The highest BCUT2D eigenvalue weighted by molar-refractivity contribution is 5.86. The number of nitrogens with one attached hydrogen (secondary N) is 1. The molecule has 2 N–H and O–H groups in total. The first-order chi connectivity index (χ1) is 8.67. The first-order valence-corrected chi connectivity index (χ1v) is 5.92. The standard InChI is InChI=1S/C12H19N3O3/c1-9(8-16)4-3-5-13-11-7-14-10(6-15-11)12(17)18-2/h6-7,9,16H,3-5,8H2,1-2H3,(H,13,15). The van der Waals surface area contributed by atoms with Crippen molar-refractivity contribution in [2.24, 2.45) is 5.92 Å². The van der Waals surface area contributed by atoms with Crippen LogP contribution in [0, 0.1) is 5.92 Å². The van der Waals surface area contributed by atoms with Crippen molar-refractivity contribution in [2.75, 3.05) is 25.6 Å². The molecule has 0 aromatic carbocycles. The summed E-state index contributed by atoms with van der Waals surface area (Å²) >= 11 is 0. The Hall–Kier alpha value is -1.69. The fraction of sp³-hybridized carbons (Fsp3) is 0.583. The minimum absolute atomic E-state index is 0.192. The number of hydrogen-bond donors (Lipinski definition) is 2. The van der Waals surface area contributed by atoms with Crippen molar-refractivity contribution < 1.29 is 14.6 Å². The summed E-state index contributed by atoms with van der Waals surface area (Å²) in [6.07, 6.45) is 4.78. The number of aliphatic hydroxyl groups excluding tert-OH is 1. The molecule has 1 heterocycles. The Morgan fingerprint density at radius 1 is 1.50 bits per heavy atom. The molecule has 1 aromatic heterocycles. The predicted octanol–water partition coefficient (Wildman–Crippen LogP) is 1.08. The van der Waals surface area contributed by atoms with E-state index in [2.05, 4.69) is 20.0 Å². The van der Waals surface area contributed by atoms with E-state index in [9.17, 15) is 4.79 Å². The van der Waals surface area contributed by atoms with Crippen LogP contribution in [0.25, 0.3) is 0 Å². The number of carbonyl (C=O) groups is 1. The largest absolute Gasteiger partial charge is 0.464 e. The van der Waals surface area contributed by atoms with E-state index in [0.717, 1.165) is 19.4 Å². The van der Waals surface area contributed by atoms with Crippen LogP contribution in [-0.2, 0) is 4.74 Å². The Balaban J connectivity index is 2.33. The summed E-state index contributed by atoms with van der Waals surface area (Å²) in [5.74, 6) is 0.449. The second-order valence-electron chi connectivity index (χ2n) is 4.14. The molecule has 0 radical (unpaired) electrons. The topological polar surface area (TPSA) is 84.3 Å². The molecule has 0 amide bonds. The Bertz CT molecular complexity index is 367. The minimum atomic E-state index is -0.495. The summed E-state index contributed by atoms with van der Waals surface area (Å²) in [7, 11) is 1.30. The summed E-state index contributed by atoms with van der Waals surface area (Å²) in [6, 6.07) is 0. The van der Waals surface area contributed by atoms with E-state index >= 15 is 0 Å². The van der Waals surface area contributed by atoms with Crippen molar-refractivity contribution in [1.29, 1.82) is 0 Å². The van der Waals surface area contributed by atoms with Crippen LogP contribution in [0.15, 0.2) is 12.4 Å². The van der Waals surface area contributed by atoms with Crippen molar-refractivity contribution in [3.8, 4) is 0 Å². The van der Waals surface area contributed by atoms with E-state index in [4.69, 9.17) is 5.11 Å². The quantitative estimate of drug-likeness (QED) is 0.559. The molecule has 1 unspecified atom stereocenters. The summed E-state index contributed by atoms with van der Waals surface area (Å²) in [5.41, 5.74) is 0.192. The molecular formula is C12H19N3O3. The molecule has 0 spiro atoms. The first-order valence-electron chi connectivity index (χ1n) is 5.92. The lowest BCUT2D eigenvalue weighted by Crippen LogP contribution is -2.09. The normalized spacial score (nSPS) is 11.9. The summed E-state index contributed by atoms with van der Waals surface area (Å²) < 4.78 is 4.53. The van der Waals surface area contributed by atoms with E-state index in [1.165, 1.54) is 19.5 Å². The van der Waals surface area contributed by atoms with Gasteiger partial charge in [0.05, 0.1) is 19.5 Å². The predicted molar refractivity (Wildman–Crippen MR) is 67.3 cm³/mol. The van der Waals surface area contributed by atoms with Gasteiger partial charge in [0.15, 0.2) is 5.69 Å². The average Bonchev–Trinajstić information content (AvgIpc) is 2.43. The molecule has 0 aliphatic heterocycles. The van der Waals surface area contributed by atoms with Crippen LogP contribution in [0.4, 0.5) is 5.82 Å². The third-order valence-electron chi connectivity index (χ3n) is 2.54. The van der Waals surface area contributed by atoms with Gasteiger partial charge in [0, 0.05) is 13.2 Å². The van der Waals surface area contributed by atoms with Gasteiger partial charge in [-0.25, -0.2) is 14.8 Å². The van der Waals surface area contributed by atoms with Gasteiger partial charge < -0.3 is 15.2 Å². The van der Waals surface area contributed by atoms with Crippen LogP contribution in [0.2, 0.25) is 0 Å². The number of nitrogens with zero attached hydrogens (tertiary/aromatic N) is 2. The molecule has 0 fully saturated rings. The van der Waals surface area contributed by atoms with E-state index < -0.39 is 5.97 Å². The maximum atomic E-state index is 11.1. The van der Waals surface area contributed by atoms with E-state index in [1.807, 2.05) is 6.92 Å². The van der Waals surface area contributed by atoms with Gasteiger partial charge in [-0.3, -0.25) is 0 Å². The number of ether oxygens (including phenoxy) is 1. The fourth-order valence-electron chi connectivity index (χ4n) is 1.39. The van der Waals surface area contributed by atoms with Crippen molar-refractivity contribution in [3.05, 3.63) is 18.1 Å². The number of anilines is 1. The second kappa shape index (κ2) is 7.60. The van der Waals surface area contributed by atoms with Crippen molar-refractivity contribution >= 4 is 11.8 Å². The number of aliphatic hydroxyl groups is 1. The molecule has 1 atom stereocenters. The Morgan fingerprint density at radius 2 is 2.28 bits per heavy atom. The second-order valence-corrected chi connectivity index (χ2v) is 4.14. The third kappa shape index (κ3) is 4.67. The summed E-state index contributed by atoms with van der Waals surface area (Å²) in [5, 5.41) is 12.0. The van der Waals surface area contributed by atoms with Gasteiger partial charge in [-0.05, 0) is 18.8 Å². The lowest BCUT2D eigenvalue weighted by molar-refractivity contribution is 0.0593. The van der Waals surface area contributed by atoms with Crippen LogP contribution < -0.4 is 5.32 Å². The molecule has 1 rings (SSSR count). The monoisotopic (exact) mass is 253 g/mol. The Labute approximate surface area is 106 Å². The van der Waals surface area contributed by atoms with Crippen LogP contribution >= 0.6 is 0 Å². The SMILES string of the molecule is COC(=O)c1cnc(NCCCC(C)CO)cn1. The van der Waals surface area contributed by atoms with Gasteiger partial charge in [0.25, 0.3) is 0 Å². The van der Waals surface area contributed by atoms with Crippen molar-refractivity contribution in [1.82, 2.24) is 9.97 Å². The number of esters is 1. The van der Waals surface area contributed by atoms with E-state index in [1.54, 1.807) is 0 Å². The maximum Gasteiger partial charge on any atom is 0.358 e. The zero-order valence-electron chi connectivity index (χ0n) is 10.7. The molecule has 6 heteroatoms. The molecule has 0 aliphatic carbocycles. The minimum Gasteiger partial charge on any atom is -0.464 e. The number of rotatable bonds is 7. The molecule has 100 valence electrons. The zero-order chi connectivity index (χ0) is 13.4. The van der Waals surface area contributed by atoms with E-state index in [0.29, 0.717) is 11.7 Å². The van der Waals surface area contributed by atoms with Gasteiger partial charge in [-0.2, -0.15) is 0 Å². The number of hydrogen-bond acceptors (Lipinski definition) is 6. The lowest BCUT2D eigenvalue weighted by Gasteiger charge is -2.08. The van der Waals surface area contributed by atoms with Crippen molar-refractivity contribution in [2.45, 2.75) is 19.8 Å². The molecule has 0 saturated heterocycles. The van der Waals surface area contributed by atoms with Gasteiger partial charge >= 0.3 is 5.97 Å². The number of aromatic nitrogens is 2. The third-order valence-corrected chi connectivity index (χ3v) is 2.54. The highest BCUT2D eigenvalue weighted by Crippen LogP contribution is 2.06. The van der Waals surface area contributed by atoms with Crippen LogP contribution in [0.5, 0.6) is 0 Å². The summed E-state index contributed by atoms with van der Waals surface area (Å²) in [4.78, 5) is 19.1. The molecule has 0 aliphatic rings. The average molecular weight is 253 g/mol. The first kappa shape index (κ1) is 14.4. The van der Waals surface area contributed by atoms with Gasteiger partial charge in [0.2, 0.25) is 0 Å². The molecule has 1 aromatic rings.